The van der Waals surface area contributed by atoms with Gasteiger partial charge in [-0.25, -0.2) is 9.07 Å². The molecule has 1 heterocycles. The van der Waals surface area contributed by atoms with E-state index in [1.165, 1.54) is 29.0 Å². The van der Waals surface area contributed by atoms with Crippen molar-refractivity contribution in [3.63, 3.8) is 0 Å². The van der Waals surface area contributed by atoms with Crippen molar-refractivity contribution >= 4 is 11.5 Å². The highest BCUT2D eigenvalue weighted by Crippen LogP contribution is 2.26. The van der Waals surface area contributed by atoms with Gasteiger partial charge < -0.3 is 15.3 Å². The van der Waals surface area contributed by atoms with Crippen LogP contribution in [-0.2, 0) is 11.8 Å². The largest absolute Gasteiger partial charge is 0.481 e. The molecule has 0 radical (unpaired) electrons. The lowest BCUT2D eigenvalue weighted by Crippen LogP contribution is -2.30. The number of rotatable bonds is 8. The maximum atomic E-state index is 14.1. The number of benzene rings is 1. The fourth-order valence-electron chi connectivity index (χ4n) is 2.65. The van der Waals surface area contributed by atoms with Crippen molar-refractivity contribution in [3.8, 4) is 0 Å². The number of aliphatic hydroxyl groups excluding tert-OH is 2. The summed E-state index contributed by atoms with van der Waals surface area (Å²) in [6, 6.07) is 4.10. The van der Waals surface area contributed by atoms with E-state index < -0.39 is 29.9 Å². The lowest BCUT2D eigenvalue weighted by molar-refractivity contribution is -0.142. The monoisotopic (exact) mass is 376 g/mol. The Morgan fingerprint density at radius 1 is 1.41 bits per heavy atom. The molecule has 0 aliphatic rings. The molecule has 8 nitrogen and oxygen atoms in total. The molecule has 2 rings (SSSR count). The average Bonchev–Trinajstić information content (AvgIpc) is 3.00. The average molecular weight is 376 g/mol. The maximum Gasteiger partial charge on any atom is 0.313 e. The Labute approximate surface area is 155 Å². The normalized spacial score (nSPS) is 14.9. The van der Waals surface area contributed by atoms with Gasteiger partial charge in [0.25, 0.3) is 0 Å². The Kier molecular flexibility index (Phi) is 6.54. The predicted octanol–water partition coefficient (Wildman–Crippen LogP) is 1.21. The van der Waals surface area contributed by atoms with Gasteiger partial charge in [-0.2, -0.15) is 0 Å². The number of carbonyl (C=O) groups is 1. The molecule has 0 bridgehead atoms. The van der Waals surface area contributed by atoms with Gasteiger partial charge in [-0.15, -0.1) is 5.10 Å². The number of nitrogens with zero attached hydrogens (tertiary/aromatic N) is 4. The molecule has 0 fully saturated rings. The van der Waals surface area contributed by atoms with Crippen molar-refractivity contribution in [1.29, 1.82) is 0 Å². The third-order valence-corrected chi connectivity index (χ3v) is 4.05. The Bertz CT molecular complexity index is 865. The molecule has 0 aliphatic heterocycles. The fraction of sp³-hybridized carbons (Fsp3) is 0.333. The first-order valence-electron chi connectivity index (χ1n) is 8.15. The number of allylic oxidation sites excluding steroid dienone is 2. The number of aliphatic carboxylic acids is 1. The van der Waals surface area contributed by atoms with Gasteiger partial charge in [-0.3, -0.25) is 4.79 Å². The molecule has 0 aliphatic carbocycles. The number of carboxylic acid groups (broad SMARTS) is 1. The van der Waals surface area contributed by atoms with Crippen molar-refractivity contribution in [1.82, 2.24) is 20.2 Å². The van der Waals surface area contributed by atoms with Gasteiger partial charge in [0.2, 0.25) is 0 Å². The van der Waals surface area contributed by atoms with Gasteiger partial charge in [0.05, 0.1) is 12.2 Å². The van der Waals surface area contributed by atoms with E-state index in [4.69, 9.17) is 0 Å². The maximum absolute atomic E-state index is 14.1. The summed E-state index contributed by atoms with van der Waals surface area (Å²) in [6.07, 6.45) is -0.168. The first-order valence-corrected chi connectivity index (χ1v) is 8.15. The van der Waals surface area contributed by atoms with Crippen molar-refractivity contribution in [2.75, 3.05) is 0 Å². The standard InChI is InChI=1S/C18H21FN4O4/c1-10-4-7-13(14(19)8-10)16(18(26)27)15(25)9-12(24)6-5-11(2)17-20-21-22-23(17)3/h4-8,12,15-16,24-25H,2,9H2,1,3H3,(H,26,27). The Hall–Kier alpha value is -2.91. The zero-order valence-electron chi connectivity index (χ0n) is 14.9. The van der Waals surface area contributed by atoms with Crippen LogP contribution in [-0.4, -0.2) is 53.7 Å². The third kappa shape index (κ3) is 5.05. The zero-order chi connectivity index (χ0) is 20.1. The molecule has 2 aromatic rings. The van der Waals surface area contributed by atoms with Crippen molar-refractivity contribution in [2.45, 2.75) is 31.5 Å². The number of aryl methyl sites for hydroxylation is 2. The van der Waals surface area contributed by atoms with E-state index in [1.807, 2.05) is 0 Å². The predicted molar refractivity (Wildman–Crippen MR) is 95.1 cm³/mol. The minimum absolute atomic E-state index is 0.133. The molecule has 3 atom stereocenters. The molecular formula is C18H21FN4O4. The van der Waals surface area contributed by atoms with Crippen LogP contribution < -0.4 is 0 Å². The van der Waals surface area contributed by atoms with Crippen molar-refractivity contribution in [2.24, 2.45) is 7.05 Å². The molecule has 27 heavy (non-hydrogen) atoms. The second-order valence-electron chi connectivity index (χ2n) is 6.22. The first-order chi connectivity index (χ1) is 12.7. The van der Waals surface area contributed by atoms with Gasteiger partial charge in [-0.1, -0.05) is 30.9 Å². The first kappa shape index (κ1) is 20.4. The summed E-state index contributed by atoms with van der Waals surface area (Å²) in [5.41, 5.74) is 0.927. The minimum Gasteiger partial charge on any atom is -0.481 e. The van der Waals surface area contributed by atoms with Crippen molar-refractivity contribution in [3.05, 3.63) is 59.7 Å². The van der Waals surface area contributed by atoms with Crippen LogP contribution in [0.15, 0.2) is 36.9 Å². The van der Waals surface area contributed by atoms with E-state index in [-0.39, 0.29) is 12.0 Å². The number of aliphatic hydroxyl groups is 2. The van der Waals surface area contributed by atoms with Gasteiger partial charge in [-0.05, 0) is 29.0 Å². The second-order valence-corrected chi connectivity index (χ2v) is 6.22. The van der Waals surface area contributed by atoms with Crippen LogP contribution >= 0.6 is 0 Å². The summed E-state index contributed by atoms with van der Waals surface area (Å²) in [4.78, 5) is 11.6. The fourth-order valence-corrected chi connectivity index (χ4v) is 2.65. The van der Waals surface area contributed by atoms with E-state index in [0.29, 0.717) is 17.0 Å². The zero-order valence-corrected chi connectivity index (χ0v) is 14.9. The molecule has 0 spiro atoms. The van der Waals surface area contributed by atoms with E-state index in [0.717, 1.165) is 0 Å². The Balaban J connectivity index is 2.09. The number of tetrazole rings is 1. The smallest absolute Gasteiger partial charge is 0.313 e. The number of aromatic nitrogens is 4. The van der Waals surface area contributed by atoms with Crippen LogP contribution in [0.1, 0.15) is 29.3 Å². The molecular weight excluding hydrogens is 355 g/mol. The van der Waals surface area contributed by atoms with Crippen LogP contribution in [0.5, 0.6) is 0 Å². The molecule has 0 amide bonds. The number of hydrogen-bond acceptors (Lipinski definition) is 6. The van der Waals surface area contributed by atoms with Crippen molar-refractivity contribution < 1.29 is 24.5 Å². The number of carboxylic acids is 1. The summed E-state index contributed by atoms with van der Waals surface area (Å²) in [5, 5.41) is 40.7. The summed E-state index contributed by atoms with van der Waals surface area (Å²) in [5.74, 6) is -3.20. The molecule has 1 aromatic carbocycles. The highest BCUT2D eigenvalue weighted by Gasteiger charge is 2.31. The SMILES string of the molecule is C=C(C=CC(O)CC(O)C(C(=O)O)c1ccc(C)cc1F)c1nnnn1C. The van der Waals surface area contributed by atoms with Crippen LogP contribution in [0.3, 0.4) is 0 Å². The molecule has 0 saturated heterocycles. The highest BCUT2D eigenvalue weighted by molar-refractivity contribution is 5.77. The van der Waals surface area contributed by atoms with E-state index >= 15 is 0 Å². The van der Waals surface area contributed by atoms with Crippen LogP contribution in [0, 0.1) is 12.7 Å². The summed E-state index contributed by atoms with van der Waals surface area (Å²) in [6.45, 7) is 5.45. The van der Waals surface area contributed by atoms with Crippen LogP contribution in [0.2, 0.25) is 0 Å². The van der Waals surface area contributed by atoms with Crippen LogP contribution in [0.4, 0.5) is 4.39 Å². The van der Waals surface area contributed by atoms with E-state index in [2.05, 4.69) is 22.1 Å². The van der Waals surface area contributed by atoms with Gasteiger partial charge >= 0.3 is 5.97 Å². The lowest BCUT2D eigenvalue weighted by atomic mass is 9.89. The number of halogens is 1. The summed E-state index contributed by atoms with van der Waals surface area (Å²) >= 11 is 0. The van der Waals surface area contributed by atoms with E-state index in [9.17, 15) is 24.5 Å². The quantitative estimate of drug-likeness (QED) is 0.592. The summed E-state index contributed by atoms with van der Waals surface area (Å²) < 4.78 is 15.5. The van der Waals surface area contributed by atoms with Gasteiger partial charge in [0.1, 0.15) is 11.7 Å². The van der Waals surface area contributed by atoms with Gasteiger partial charge in [0, 0.05) is 24.6 Å². The molecule has 9 heteroatoms. The minimum atomic E-state index is -1.50. The summed E-state index contributed by atoms with van der Waals surface area (Å²) in [7, 11) is 1.63. The second kappa shape index (κ2) is 8.65. The lowest BCUT2D eigenvalue weighted by Gasteiger charge is -2.21. The van der Waals surface area contributed by atoms with Crippen LogP contribution in [0.25, 0.3) is 5.57 Å². The molecule has 0 saturated carbocycles. The van der Waals surface area contributed by atoms with E-state index in [1.54, 1.807) is 20.0 Å². The third-order valence-electron chi connectivity index (χ3n) is 4.05. The highest BCUT2D eigenvalue weighted by atomic mass is 19.1. The molecule has 3 N–H and O–H groups in total. The molecule has 3 unspecified atom stereocenters. The molecule has 144 valence electrons. The molecule has 1 aromatic heterocycles. The number of hydrogen-bond donors (Lipinski definition) is 3. The Morgan fingerprint density at radius 2 is 2.11 bits per heavy atom. The van der Waals surface area contributed by atoms with Gasteiger partial charge in [0.15, 0.2) is 5.82 Å². The Morgan fingerprint density at radius 3 is 2.67 bits per heavy atom. The topological polar surface area (TPSA) is 121 Å².